The van der Waals surface area contributed by atoms with Crippen molar-refractivity contribution in [3.63, 3.8) is 0 Å². The first kappa shape index (κ1) is 10.9. The fourth-order valence-corrected chi connectivity index (χ4v) is 1.31. The Balaban J connectivity index is 3.09. The highest BCUT2D eigenvalue weighted by Crippen LogP contribution is 2.20. The molecule has 74 valence electrons. The summed E-state index contributed by atoms with van der Waals surface area (Å²) >= 11 is 2.98. The Bertz CT molecular complexity index is 399. The largest absolute Gasteiger partial charge is 0.507 e. The van der Waals surface area contributed by atoms with Crippen molar-refractivity contribution in [2.75, 3.05) is 0 Å². The summed E-state index contributed by atoms with van der Waals surface area (Å²) in [6.45, 7) is 1.33. The van der Waals surface area contributed by atoms with E-state index in [1.807, 2.05) is 0 Å². The molecule has 1 N–H and O–H groups in total. The highest BCUT2D eigenvalue weighted by Gasteiger charge is 2.04. The molecule has 0 atom stereocenters. The quantitative estimate of drug-likeness (QED) is 0.654. The number of aliphatic hydroxyl groups is 1. The monoisotopic (exact) mass is 258 g/mol. The highest BCUT2D eigenvalue weighted by atomic mass is 79.9. The number of hydrogen-bond acceptors (Lipinski definition) is 2. The zero-order chi connectivity index (χ0) is 10.7. The van der Waals surface area contributed by atoms with Gasteiger partial charge in [0.25, 0.3) is 0 Å². The summed E-state index contributed by atoms with van der Waals surface area (Å²) in [5, 5.41) is 9.40. The van der Waals surface area contributed by atoms with Crippen LogP contribution in [0.25, 0.3) is 5.76 Å². The number of allylic oxidation sites excluding steroid dienone is 1. The second-order valence-corrected chi connectivity index (χ2v) is 3.62. The van der Waals surface area contributed by atoms with Crippen molar-refractivity contribution in [1.29, 1.82) is 0 Å². The molecule has 1 rings (SSSR count). The third-order valence-corrected chi connectivity index (χ3v) is 2.16. The van der Waals surface area contributed by atoms with E-state index in [1.54, 1.807) is 0 Å². The molecule has 14 heavy (non-hydrogen) atoms. The maximum Gasteiger partial charge on any atom is 0.156 e. The molecule has 0 aliphatic heterocycles. The maximum atomic E-state index is 12.8. The van der Waals surface area contributed by atoms with Gasteiger partial charge >= 0.3 is 0 Å². The number of aliphatic hydroxyl groups excluding tert-OH is 1. The van der Waals surface area contributed by atoms with Crippen LogP contribution < -0.4 is 0 Å². The van der Waals surface area contributed by atoms with Crippen LogP contribution in [0.5, 0.6) is 0 Å². The highest BCUT2D eigenvalue weighted by molar-refractivity contribution is 9.10. The lowest BCUT2D eigenvalue weighted by Crippen LogP contribution is -1.89. The Morgan fingerprint density at radius 3 is 2.71 bits per heavy atom. The number of benzene rings is 1. The number of rotatable bonds is 2. The Morgan fingerprint density at radius 1 is 1.57 bits per heavy atom. The van der Waals surface area contributed by atoms with Crippen LogP contribution in [0.2, 0.25) is 0 Å². The van der Waals surface area contributed by atoms with Gasteiger partial charge in [-0.3, -0.25) is 4.79 Å². The molecule has 0 amide bonds. The van der Waals surface area contributed by atoms with E-state index in [1.165, 1.54) is 25.1 Å². The lowest BCUT2D eigenvalue weighted by Gasteiger charge is -2.00. The average molecular weight is 259 g/mol. The lowest BCUT2D eigenvalue weighted by molar-refractivity contribution is -0.112. The van der Waals surface area contributed by atoms with Gasteiger partial charge in [-0.05, 0) is 41.1 Å². The van der Waals surface area contributed by atoms with Crippen LogP contribution in [0.3, 0.4) is 0 Å². The summed E-state index contributed by atoms with van der Waals surface area (Å²) in [7, 11) is 0. The minimum absolute atomic E-state index is 0.168. The van der Waals surface area contributed by atoms with Gasteiger partial charge in [0.15, 0.2) is 5.78 Å². The summed E-state index contributed by atoms with van der Waals surface area (Å²) in [4.78, 5) is 10.7. The van der Waals surface area contributed by atoms with Crippen LogP contribution in [0.1, 0.15) is 12.5 Å². The van der Waals surface area contributed by atoms with Gasteiger partial charge in [-0.15, -0.1) is 0 Å². The number of halogens is 2. The van der Waals surface area contributed by atoms with Crippen molar-refractivity contribution in [3.8, 4) is 0 Å². The van der Waals surface area contributed by atoms with Crippen molar-refractivity contribution in [1.82, 2.24) is 0 Å². The van der Waals surface area contributed by atoms with Crippen molar-refractivity contribution in [2.24, 2.45) is 0 Å². The van der Waals surface area contributed by atoms with E-state index in [-0.39, 0.29) is 16.0 Å². The molecule has 0 radical (unpaired) electrons. The molecule has 0 heterocycles. The van der Waals surface area contributed by atoms with E-state index in [2.05, 4.69) is 15.9 Å². The van der Waals surface area contributed by atoms with Crippen molar-refractivity contribution < 1.29 is 14.3 Å². The molecule has 0 spiro atoms. The first-order valence-corrected chi connectivity index (χ1v) is 4.66. The third-order valence-electron chi connectivity index (χ3n) is 1.56. The summed E-state index contributed by atoms with van der Waals surface area (Å²) in [6.07, 6.45) is 1.08. The fourth-order valence-electron chi connectivity index (χ4n) is 0.931. The molecule has 0 saturated heterocycles. The molecule has 0 bridgehead atoms. The van der Waals surface area contributed by atoms with Gasteiger partial charge in [0.1, 0.15) is 11.6 Å². The van der Waals surface area contributed by atoms with E-state index >= 15 is 0 Å². The zero-order valence-electron chi connectivity index (χ0n) is 7.42. The average Bonchev–Trinajstić information content (AvgIpc) is 2.08. The molecule has 0 unspecified atom stereocenters. The summed E-state index contributed by atoms with van der Waals surface area (Å²) in [6, 6.07) is 4.02. The first-order chi connectivity index (χ1) is 6.50. The van der Waals surface area contributed by atoms with Gasteiger partial charge in [-0.1, -0.05) is 0 Å². The van der Waals surface area contributed by atoms with E-state index in [4.69, 9.17) is 0 Å². The molecular weight excluding hydrogens is 251 g/mol. The van der Waals surface area contributed by atoms with Gasteiger partial charge in [0, 0.05) is 11.6 Å². The van der Waals surface area contributed by atoms with Gasteiger partial charge in [0.05, 0.1) is 4.47 Å². The van der Waals surface area contributed by atoms with Crippen LogP contribution in [0.15, 0.2) is 28.7 Å². The molecule has 2 nitrogen and oxygen atoms in total. The number of carbonyl (C=O) groups is 1. The molecule has 0 aliphatic carbocycles. The Morgan fingerprint density at radius 2 is 2.21 bits per heavy atom. The van der Waals surface area contributed by atoms with Crippen molar-refractivity contribution in [3.05, 3.63) is 40.1 Å². The molecule has 4 heteroatoms. The molecular formula is C10H8BrFO2. The van der Waals surface area contributed by atoms with Crippen molar-refractivity contribution in [2.45, 2.75) is 6.92 Å². The smallest absolute Gasteiger partial charge is 0.156 e. The molecule has 1 aromatic carbocycles. The van der Waals surface area contributed by atoms with Gasteiger partial charge < -0.3 is 5.11 Å². The normalized spacial score (nSPS) is 11.5. The van der Waals surface area contributed by atoms with E-state index in [0.29, 0.717) is 5.56 Å². The number of carbonyl (C=O) groups excluding carboxylic acids is 1. The van der Waals surface area contributed by atoms with Crippen LogP contribution in [-0.4, -0.2) is 10.9 Å². The predicted octanol–water partition coefficient (Wildman–Crippen LogP) is 3.08. The Kier molecular flexibility index (Phi) is 3.41. The fraction of sp³-hybridized carbons (Fsp3) is 0.100. The third kappa shape index (κ3) is 2.67. The van der Waals surface area contributed by atoms with Crippen molar-refractivity contribution >= 4 is 27.5 Å². The Labute approximate surface area is 89.2 Å². The van der Waals surface area contributed by atoms with E-state index < -0.39 is 5.82 Å². The first-order valence-electron chi connectivity index (χ1n) is 3.87. The molecule has 0 fully saturated rings. The predicted molar refractivity (Wildman–Crippen MR) is 55.4 cm³/mol. The molecule has 1 aromatic rings. The van der Waals surface area contributed by atoms with Crippen LogP contribution in [0.4, 0.5) is 4.39 Å². The second-order valence-electron chi connectivity index (χ2n) is 2.77. The number of ketones is 1. The summed E-state index contributed by atoms with van der Waals surface area (Å²) < 4.78 is 13.1. The lowest BCUT2D eigenvalue weighted by atomic mass is 10.1. The van der Waals surface area contributed by atoms with Gasteiger partial charge in [-0.2, -0.15) is 0 Å². The second kappa shape index (κ2) is 4.37. The minimum atomic E-state index is -0.413. The van der Waals surface area contributed by atoms with E-state index in [9.17, 15) is 14.3 Å². The van der Waals surface area contributed by atoms with Crippen LogP contribution in [-0.2, 0) is 4.79 Å². The molecule has 0 aromatic heterocycles. The molecule has 0 saturated carbocycles. The zero-order valence-corrected chi connectivity index (χ0v) is 9.01. The minimum Gasteiger partial charge on any atom is -0.507 e. The van der Waals surface area contributed by atoms with Crippen LogP contribution >= 0.6 is 15.9 Å². The number of hydrogen-bond donors (Lipinski definition) is 1. The topological polar surface area (TPSA) is 37.3 Å². The maximum absolute atomic E-state index is 12.8. The summed E-state index contributed by atoms with van der Waals surface area (Å²) in [5.74, 6) is -0.842. The Hall–Kier alpha value is -1.16. The SMILES string of the molecule is CC(=O)C=C(O)c1ccc(F)c(Br)c1. The standard InChI is InChI=1S/C10H8BrFO2/c1-6(13)4-10(14)7-2-3-9(12)8(11)5-7/h2-5,14H,1H3. The van der Waals surface area contributed by atoms with Gasteiger partial charge in [-0.25, -0.2) is 4.39 Å². The van der Waals surface area contributed by atoms with E-state index in [0.717, 1.165) is 6.08 Å². The summed E-state index contributed by atoms with van der Waals surface area (Å²) in [5.41, 5.74) is 0.397. The molecule has 0 aliphatic rings. The van der Waals surface area contributed by atoms with Gasteiger partial charge in [0.2, 0.25) is 0 Å². The van der Waals surface area contributed by atoms with Crippen LogP contribution in [0, 0.1) is 5.82 Å².